The molecule has 0 saturated carbocycles. The van der Waals surface area contributed by atoms with Crippen LogP contribution in [-0.4, -0.2) is 18.9 Å². The fraction of sp³-hybridized carbons (Fsp3) is 0.500. The van der Waals surface area contributed by atoms with Gasteiger partial charge in [-0.15, -0.1) is 0 Å². The quantitative estimate of drug-likeness (QED) is 0.556. The van der Waals surface area contributed by atoms with Crippen LogP contribution in [0.3, 0.4) is 0 Å². The van der Waals surface area contributed by atoms with E-state index in [9.17, 15) is 4.39 Å². The summed E-state index contributed by atoms with van der Waals surface area (Å²) in [5.74, 6) is 0. The van der Waals surface area contributed by atoms with E-state index in [1.54, 1.807) is 6.92 Å². The molecule has 58 valence electrons. The van der Waals surface area contributed by atoms with Crippen LogP contribution in [-0.2, 0) is 0 Å². The Morgan fingerprint density at radius 2 is 2.30 bits per heavy atom. The molecule has 0 aliphatic carbocycles. The van der Waals surface area contributed by atoms with Crippen LogP contribution >= 0.6 is 0 Å². The predicted molar refractivity (Wildman–Crippen MR) is 40.4 cm³/mol. The first-order valence-electron chi connectivity index (χ1n) is 2.97. The zero-order chi connectivity index (χ0) is 7.98. The SMILES string of the molecule is CC(=NCCF)C(N)=CN. The molecule has 0 spiro atoms. The molecule has 10 heavy (non-hydrogen) atoms. The standard InChI is InChI=1S/C6H12FN3/c1-5(6(9)4-8)10-3-2-7/h4H,2-3,8-9H2,1H3. The Morgan fingerprint density at radius 3 is 2.70 bits per heavy atom. The van der Waals surface area contributed by atoms with Crippen LogP contribution in [0.4, 0.5) is 4.39 Å². The average molecular weight is 145 g/mol. The van der Waals surface area contributed by atoms with Crippen LogP contribution in [0.25, 0.3) is 0 Å². The number of allylic oxidation sites excluding steroid dienone is 1. The van der Waals surface area contributed by atoms with Crippen molar-refractivity contribution in [3.63, 3.8) is 0 Å². The van der Waals surface area contributed by atoms with E-state index in [4.69, 9.17) is 11.5 Å². The van der Waals surface area contributed by atoms with Gasteiger partial charge in [0, 0.05) is 6.20 Å². The lowest BCUT2D eigenvalue weighted by atomic mass is 10.3. The lowest BCUT2D eigenvalue weighted by molar-refractivity contribution is 0.505. The summed E-state index contributed by atoms with van der Waals surface area (Å²) in [6.07, 6.45) is 1.25. The third kappa shape index (κ3) is 3.06. The Labute approximate surface area is 59.6 Å². The van der Waals surface area contributed by atoms with Gasteiger partial charge < -0.3 is 11.5 Å². The molecule has 3 nitrogen and oxygen atoms in total. The van der Waals surface area contributed by atoms with Crippen molar-refractivity contribution in [3.8, 4) is 0 Å². The smallest absolute Gasteiger partial charge is 0.109 e. The number of nitrogens with two attached hydrogens (primary N) is 2. The molecule has 0 saturated heterocycles. The van der Waals surface area contributed by atoms with Crippen LogP contribution in [0.1, 0.15) is 6.92 Å². The van der Waals surface area contributed by atoms with Crippen LogP contribution in [0.5, 0.6) is 0 Å². The van der Waals surface area contributed by atoms with E-state index in [1.807, 2.05) is 0 Å². The molecule has 0 fully saturated rings. The van der Waals surface area contributed by atoms with Crippen LogP contribution in [0.2, 0.25) is 0 Å². The van der Waals surface area contributed by atoms with Gasteiger partial charge in [0.1, 0.15) is 6.67 Å². The van der Waals surface area contributed by atoms with Crippen molar-refractivity contribution in [2.45, 2.75) is 6.92 Å². The van der Waals surface area contributed by atoms with Gasteiger partial charge in [-0.1, -0.05) is 0 Å². The lowest BCUT2D eigenvalue weighted by Gasteiger charge is -1.96. The Balaban J connectivity index is 3.93. The Bertz CT molecular complexity index is 151. The highest BCUT2D eigenvalue weighted by Crippen LogP contribution is 1.86. The summed E-state index contributed by atoms with van der Waals surface area (Å²) in [5.41, 5.74) is 11.4. The van der Waals surface area contributed by atoms with Gasteiger partial charge in [-0.3, -0.25) is 4.99 Å². The molecule has 0 rings (SSSR count). The van der Waals surface area contributed by atoms with E-state index >= 15 is 0 Å². The monoisotopic (exact) mass is 145 g/mol. The molecular weight excluding hydrogens is 133 g/mol. The van der Waals surface area contributed by atoms with Crippen molar-refractivity contribution in [1.82, 2.24) is 0 Å². The largest absolute Gasteiger partial charge is 0.403 e. The molecule has 0 heterocycles. The maximum Gasteiger partial charge on any atom is 0.109 e. The zero-order valence-electron chi connectivity index (χ0n) is 5.97. The first-order chi connectivity index (χ1) is 4.72. The molecule has 0 bridgehead atoms. The molecular formula is C6H12FN3. The second kappa shape index (κ2) is 4.78. The van der Waals surface area contributed by atoms with E-state index in [0.29, 0.717) is 11.4 Å². The van der Waals surface area contributed by atoms with Gasteiger partial charge in [0.05, 0.1) is 18.0 Å². The van der Waals surface area contributed by atoms with Gasteiger partial charge >= 0.3 is 0 Å². The van der Waals surface area contributed by atoms with E-state index in [1.165, 1.54) is 6.20 Å². The summed E-state index contributed by atoms with van der Waals surface area (Å²) >= 11 is 0. The number of aliphatic imine (C=N–C) groups is 1. The minimum Gasteiger partial charge on any atom is -0.403 e. The third-order valence-electron chi connectivity index (χ3n) is 1.03. The molecule has 0 aromatic heterocycles. The van der Waals surface area contributed by atoms with Crippen molar-refractivity contribution >= 4 is 5.71 Å². The van der Waals surface area contributed by atoms with E-state index in [2.05, 4.69) is 4.99 Å². The van der Waals surface area contributed by atoms with Gasteiger partial charge in [-0.05, 0) is 6.92 Å². The second-order valence-corrected chi connectivity index (χ2v) is 1.78. The Hall–Kier alpha value is -1.06. The molecule has 0 amide bonds. The number of rotatable bonds is 3. The van der Waals surface area contributed by atoms with Gasteiger partial charge in [-0.2, -0.15) is 0 Å². The predicted octanol–water partition coefficient (Wildman–Crippen LogP) is 0.176. The first kappa shape index (κ1) is 8.94. The van der Waals surface area contributed by atoms with E-state index < -0.39 is 6.67 Å². The second-order valence-electron chi connectivity index (χ2n) is 1.78. The minimum absolute atomic E-state index is 0.153. The number of hydrogen-bond acceptors (Lipinski definition) is 3. The van der Waals surface area contributed by atoms with Crippen LogP contribution in [0, 0.1) is 0 Å². The van der Waals surface area contributed by atoms with E-state index in [-0.39, 0.29) is 6.54 Å². The van der Waals surface area contributed by atoms with Crippen molar-refractivity contribution in [1.29, 1.82) is 0 Å². The molecule has 0 aromatic carbocycles. The van der Waals surface area contributed by atoms with Crippen LogP contribution in [0.15, 0.2) is 16.9 Å². The first-order valence-corrected chi connectivity index (χ1v) is 2.97. The maximum atomic E-state index is 11.5. The molecule has 0 aromatic rings. The number of hydrogen-bond donors (Lipinski definition) is 2. The minimum atomic E-state index is -0.463. The van der Waals surface area contributed by atoms with Gasteiger partial charge in [-0.25, -0.2) is 4.39 Å². The summed E-state index contributed by atoms with van der Waals surface area (Å²) in [5, 5.41) is 0. The third-order valence-corrected chi connectivity index (χ3v) is 1.03. The molecule has 0 unspecified atom stereocenters. The number of nitrogens with zero attached hydrogens (tertiary/aromatic N) is 1. The van der Waals surface area contributed by atoms with Crippen LogP contribution < -0.4 is 11.5 Å². The summed E-state index contributed by atoms with van der Waals surface area (Å²) in [6.45, 7) is 1.38. The van der Waals surface area contributed by atoms with E-state index in [0.717, 1.165) is 0 Å². The van der Waals surface area contributed by atoms with Gasteiger partial charge in [0.15, 0.2) is 0 Å². The summed E-state index contributed by atoms with van der Waals surface area (Å²) < 4.78 is 11.5. The van der Waals surface area contributed by atoms with Crippen molar-refractivity contribution in [2.24, 2.45) is 16.5 Å². The molecule has 4 heteroatoms. The Kier molecular flexibility index (Phi) is 4.28. The van der Waals surface area contributed by atoms with Gasteiger partial charge in [0.2, 0.25) is 0 Å². The van der Waals surface area contributed by atoms with Crippen molar-refractivity contribution in [3.05, 3.63) is 11.9 Å². The molecule has 0 aliphatic heterocycles. The molecule has 0 aliphatic rings. The molecule has 0 radical (unpaired) electrons. The van der Waals surface area contributed by atoms with Crippen molar-refractivity contribution < 1.29 is 4.39 Å². The van der Waals surface area contributed by atoms with Gasteiger partial charge in [0.25, 0.3) is 0 Å². The van der Waals surface area contributed by atoms with Crippen molar-refractivity contribution in [2.75, 3.05) is 13.2 Å². The topological polar surface area (TPSA) is 64.4 Å². The normalized spacial score (nSPS) is 13.8. The molecule has 0 atom stereocenters. The highest BCUT2D eigenvalue weighted by Gasteiger charge is 1.91. The Morgan fingerprint density at radius 1 is 1.70 bits per heavy atom. The maximum absolute atomic E-state index is 11.5. The number of halogens is 1. The average Bonchev–Trinajstić information content (AvgIpc) is 1.98. The fourth-order valence-electron chi connectivity index (χ4n) is 0.422. The summed E-state index contributed by atoms with van der Waals surface area (Å²) in [6, 6.07) is 0. The lowest BCUT2D eigenvalue weighted by Crippen LogP contribution is -2.10. The zero-order valence-corrected chi connectivity index (χ0v) is 5.97. The highest BCUT2D eigenvalue weighted by atomic mass is 19.1. The summed E-state index contributed by atoms with van der Waals surface area (Å²) in [7, 11) is 0. The molecule has 4 N–H and O–H groups in total. The summed E-state index contributed by atoms with van der Waals surface area (Å²) in [4.78, 5) is 3.78. The highest BCUT2D eigenvalue weighted by molar-refractivity contribution is 5.97. The fourth-order valence-corrected chi connectivity index (χ4v) is 0.422. The number of alkyl halides is 1.